The second-order valence-corrected chi connectivity index (χ2v) is 4.72. The van der Waals surface area contributed by atoms with Gasteiger partial charge in [-0.15, -0.1) is 0 Å². The number of furan rings is 1. The predicted octanol–water partition coefficient (Wildman–Crippen LogP) is 3.59. The first-order chi connectivity index (χ1) is 10.6. The normalized spacial score (nSPS) is 10.6. The average Bonchev–Trinajstić information content (AvgIpc) is 3.02. The Bertz CT molecular complexity index is 688. The number of anilines is 2. The van der Waals surface area contributed by atoms with Crippen LogP contribution in [0.15, 0.2) is 47.1 Å². The Balaban J connectivity index is 2.07. The van der Waals surface area contributed by atoms with Crippen LogP contribution in [0.2, 0.25) is 0 Å². The molecule has 0 aliphatic carbocycles. The molecule has 0 spiro atoms. The SMILES string of the molecule is CCC(=O)Nc1cccc(NC(=O)C=Cc2ccco2)c1C. The highest BCUT2D eigenvalue weighted by Crippen LogP contribution is 2.23. The summed E-state index contributed by atoms with van der Waals surface area (Å²) in [7, 11) is 0. The number of nitrogens with one attached hydrogen (secondary N) is 2. The van der Waals surface area contributed by atoms with E-state index < -0.39 is 0 Å². The van der Waals surface area contributed by atoms with Crippen molar-refractivity contribution in [1.82, 2.24) is 0 Å². The summed E-state index contributed by atoms with van der Waals surface area (Å²) < 4.78 is 5.12. The molecular weight excluding hydrogens is 280 g/mol. The van der Waals surface area contributed by atoms with Crippen LogP contribution in [0.1, 0.15) is 24.7 Å². The van der Waals surface area contributed by atoms with Gasteiger partial charge in [-0.1, -0.05) is 13.0 Å². The summed E-state index contributed by atoms with van der Waals surface area (Å²) in [6, 6.07) is 8.88. The lowest BCUT2D eigenvalue weighted by molar-refractivity contribution is -0.116. The van der Waals surface area contributed by atoms with Crippen LogP contribution in [0.3, 0.4) is 0 Å². The predicted molar refractivity (Wildman–Crippen MR) is 86.5 cm³/mol. The quantitative estimate of drug-likeness (QED) is 0.829. The Kier molecular flexibility index (Phi) is 5.14. The highest BCUT2D eigenvalue weighted by Gasteiger charge is 2.08. The minimum atomic E-state index is -0.265. The fourth-order valence-corrected chi connectivity index (χ4v) is 1.86. The van der Waals surface area contributed by atoms with E-state index in [1.807, 2.05) is 6.92 Å². The fourth-order valence-electron chi connectivity index (χ4n) is 1.86. The third kappa shape index (κ3) is 4.09. The number of hydrogen-bond donors (Lipinski definition) is 2. The van der Waals surface area contributed by atoms with Crippen LogP contribution in [0.25, 0.3) is 6.08 Å². The molecule has 0 saturated heterocycles. The van der Waals surface area contributed by atoms with Crippen LogP contribution in [0.5, 0.6) is 0 Å². The molecule has 0 unspecified atom stereocenters. The first-order valence-electron chi connectivity index (χ1n) is 7.02. The smallest absolute Gasteiger partial charge is 0.248 e. The number of rotatable bonds is 5. The largest absolute Gasteiger partial charge is 0.465 e. The Morgan fingerprint density at radius 3 is 2.50 bits per heavy atom. The van der Waals surface area contributed by atoms with Gasteiger partial charge in [0.1, 0.15) is 5.76 Å². The van der Waals surface area contributed by atoms with E-state index in [1.54, 1.807) is 49.6 Å². The van der Waals surface area contributed by atoms with Crippen LogP contribution >= 0.6 is 0 Å². The summed E-state index contributed by atoms with van der Waals surface area (Å²) in [5.41, 5.74) is 2.16. The molecule has 0 fully saturated rings. The van der Waals surface area contributed by atoms with Crippen molar-refractivity contribution in [2.45, 2.75) is 20.3 Å². The Hall–Kier alpha value is -2.82. The van der Waals surface area contributed by atoms with Crippen LogP contribution in [0, 0.1) is 6.92 Å². The molecule has 0 bridgehead atoms. The van der Waals surface area contributed by atoms with Gasteiger partial charge < -0.3 is 15.1 Å². The summed E-state index contributed by atoms with van der Waals surface area (Å²) in [5, 5.41) is 5.59. The third-order valence-electron chi connectivity index (χ3n) is 3.13. The molecule has 2 rings (SSSR count). The molecular formula is C17H18N2O3. The van der Waals surface area contributed by atoms with Crippen molar-refractivity contribution in [2.24, 2.45) is 0 Å². The van der Waals surface area contributed by atoms with Crippen LogP contribution in [0.4, 0.5) is 11.4 Å². The van der Waals surface area contributed by atoms with E-state index in [2.05, 4.69) is 10.6 Å². The van der Waals surface area contributed by atoms with E-state index in [-0.39, 0.29) is 11.8 Å². The summed E-state index contributed by atoms with van der Waals surface area (Å²) in [6.07, 6.45) is 4.94. The van der Waals surface area contributed by atoms with E-state index in [1.165, 1.54) is 6.08 Å². The molecule has 2 aromatic rings. The van der Waals surface area contributed by atoms with Gasteiger partial charge in [0.05, 0.1) is 6.26 Å². The van der Waals surface area contributed by atoms with Gasteiger partial charge in [0.15, 0.2) is 0 Å². The van der Waals surface area contributed by atoms with E-state index in [4.69, 9.17) is 4.42 Å². The maximum absolute atomic E-state index is 11.9. The molecule has 0 aliphatic rings. The van der Waals surface area contributed by atoms with Crippen molar-refractivity contribution in [3.05, 3.63) is 54.0 Å². The van der Waals surface area contributed by atoms with Gasteiger partial charge in [0, 0.05) is 23.9 Å². The highest BCUT2D eigenvalue weighted by atomic mass is 16.3. The average molecular weight is 298 g/mol. The molecule has 114 valence electrons. The lowest BCUT2D eigenvalue weighted by Crippen LogP contribution is -2.13. The molecule has 1 aromatic heterocycles. The zero-order valence-electron chi connectivity index (χ0n) is 12.6. The summed E-state index contributed by atoms with van der Waals surface area (Å²) >= 11 is 0. The molecule has 5 heteroatoms. The number of benzene rings is 1. The van der Waals surface area contributed by atoms with Gasteiger partial charge in [-0.05, 0) is 42.8 Å². The van der Waals surface area contributed by atoms with Crippen molar-refractivity contribution >= 4 is 29.3 Å². The molecule has 22 heavy (non-hydrogen) atoms. The minimum absolute atomic E-state index is 0.0655. The Labute approximate surface area is 129 Å². The highest BCUT2D eigenvalue weighted by molar-refractivity contribution is 6.03. The van der Waals surface area contributed by atoms with E-state index in [9.17, 15) is 9.59 Å². The van der Waals surface area contributed by atoms with E-state index in [0.717, 1.165) is 5.56 Å². The van der Waals surface area contributed by atoms with Crippen molar-refractivity contribution in [1.29, 1.82) is 0 Å². The van der Waals surface area contributed by atoms with Gasteiger partial charge in [-0.25, -0.2) is 0 Å². The molecule has 0 radical (unpaired) electrons. The van der Waals surface area contributed by atoms with Gasteiger partial charge in [-0.2, -0.15) is 0 Å². The molecule has 0 saturated carbocycles. The maximum Gasteiger partial charge on any atom is 0.248 e. The molecule has 5 nitrogen and oxygen atoms in total. The Morgan fingerprint density at radius 1 is 1.14 bits per heavy atom. The van der Waals surface area contributed by atoms with Gasteiger partial charge in [0.2, 0.25) is 11.8 Å². The van der Waals surface area contributed by atoms with Crippen molar-refractivity contribution in [3.63, 3.8) is 0 Å². The lowest BCUT2D eigenvalue weighted by Gasteiger charge is -2.12. The molecule has 2 amide bonds. The van der Waals surface area contributed by atoms with E-state index >= 15 is 0 Å². The number of carbonyl (C=O) groups is 2. The van der Waals surface area contributed by atoms with E-state index in [0.29, 0.717) is 23.6 Å². The zero-order chi connectivity index (χ0) is 15.9. The Morgan fingerprint density at radius 2 is 1.86 bits per heavy atom. The minimum Gasteiger partial charge on any atom is -0.465 e. The van der Waals surface area contributed by atoms with Crippen LogP contribution in [-0.4, -0.2) is 11.8 Å². The lowest BCUT2D eigenvalue weighted by atomic mass is 10.1. The monoisotopic (exact) mass is 298 g/mol. The number of amides is 2. The molecule has 0 aliphatic heterocycles. The van der Waals surface area contributed by atoms with Crippen molar-refractivity contribution < 1.29 is 14.0 Å². The zero-order valence-corrected chi connectivity index (χ0v) is 12.6. The first-order valence-corrected chi connectivity index (χ1v) is 7.02. The van der Waals surface area contributed by atoms with Crippen molar-refractivity contribution in [2.75, 3.05) is 10.6 Å². The maximum atomic E-state index is 11.9. The standard InChI is InChI=1S/C17H18N2O3/c1-3-16(20)18-14-7-4-8-15(12(14)2)19-17(21)10-9-13-6-5-11-22-13/h4-11H,3H2,1-2H3,(H,18,20)(H,19,21). The second-order valence-electron chi connectivity index (χ2n) is 4.72. The molecule has 1 heterocycles. The molecule has 0 atom stereocenters. The van der Waals surface area contributed by atoms with Crippen molar-refractivity contribution in [3.8, 4) is 0 Å². The topological polar surface area (TPSA) is 71.3 Å². The molecule has 1 aromatic carbocycles. The third-order valence-corrected chi connectivity index (χ3v) is 3.13. The second kappa shape index (κ2) is 7.26. The summed E-state index contributed by atoms with van der Waals surface area (Å²) in [5.74, 6) is 0.276. The van der Waals surface area contributed by atoms with Crippen LogP contribution < -0.4 is 10.6 Å². The van der Waals surface area contributed by atoms with Gasteiger partial charge in [0.25, 0.3) is 0 Å². The first kappa shape index (κ1) is 15.6. The number of hydrogen-bond acceptors (Lipinski definition) is 3. The summed E-state index contributed by atoms with van der Waals surface area (Å²) in [4.78, 5) is 23.4. The summed E-state index contributed by atoms with van der Waals surface area (Å²) in [6.45, 7) is 3.63. The van der Waals surface area contributed by atoms with Crippen LogP contribution in [-0.2, 0) is 9.59 Å². The molecule has 2 N–H and O–H groups in total. The van der Waals surface area contributed by atoms with Gasteiger partial charge >= 0.3 is 0 Å². The number of carbonyl (C=O) groups excluding carboxylic acids is 2. The van der Waals surface area contributed by atoms with Gasteiger partial charge in [-0.3, -0.25) is 9.59 Å². The fraction of sp³-hybridized carbons (Fsp3) is 0.176.